The van der Waals surface area contributed by atoms with E-state index in [9.17, 15) is 0 Å². The Balaban J connectivity index is 1.79. The molecule has 20 heavy (non-hydrogen) atoms. The van der Waals surface area contributed by atoms with Gasteiger partial charge < -0.3 is 19.4 Å². The molecule has 0 amide bonds. The van der Waals surface area contributed by atoms with Gasteiger partial charge in [0, 0.05) is 17.8 Å². The number of nitrogens with zero attached hydrogens (tertiary/aromatic N) is 2. The van der Waals surface area contributed by atoms with E-state index in [1.54, 1.807) is 18.4 Å². The van der Waals surface area contributed by atoms with Crippen LogP contribution in [-0.4, -0.2) is 28.4 Å². The molecule has 1 aromatic carbocycles. The van der Waals surface area contributed by atoms with Crippen molar-refractivity contribution in [1.82, 2.24) is 10.1 Å². The number of nitrogens with one attached hydrogen (secondary N) is 1. The summed E-state index contributed by atoms with van der Waals surface area (Å²) in [5.41, 5.74) is 1.75. The molecule has 0 radical (unpaired) electrons. The highest BCUT2D eigenvalue weighted by Gasteiger charge is 2.12. The normalized spacial score (nSPS) is 10.7. The molecule has 2 heterocycles. The van der Waals surface area contributed by atoms with Crippen molar-refractivity contribution in [1.29, 1.82) is 0 Å². The van der Waals surface area contributed by atoms with E-state index < -0.39 is 0 Å². The number of benzene rings is 1. The van der Waals surface area contributed by atoms with Crippen molar-refractivity contribution in [2.45, 2.75) is 0 Å². The highest BCUT2D eigenvalue weighted by atomic mass is 16.5. The molecule has 6 heteroatoms. The van der Waals surface area contributed by atoms with Crippen LogP contribution in [-0.2, 0) is 0 Å². The summed E-state index contributed by atoms with van der Waals surface area (Å²) in [5, 5.41) is 15.7. The Morgan fingerprint density at radius 3 is 2.70 bits per heavy atom. The molecule has 0 aliphatic heterocycles. The van der Waals surface area contributed by atoms with Crippen LogP contribution in [0.3, 0.4) is 0 Å². The summed E-state index contributed by atoms with van der Waals surface area (Å²) in [4.78, 5) is 4.28. The Morgan fingerprint density at radius 2 is 2.00 bits per heavy atom. The molecule has 0 atom stereocenters. The smallest absolute Gasteiger partial charge is 0.258 e. The number of aromatic nitrogens is 2. The number of anilines is 1. The Morgan fingerprint density at radius 1 is 1.15 bits per heavy atom. The lowest BCUT2D eigenvalue weighted by Crippen LogP contribution is -2.04. The second-order valence-corrected chi connectivity index (χ2v) is 4.13. The van der Waals surface area contributed by atoms with Crippen LogP contribution in [0.15, 0.2) is 51.6 Å². The van der Waals surface area contributed by atoms with Crippen molar-refractivity contribution in [2.75, 3.05) is 18.5 Å². The molecular weight excluding hydrogens is 258 g/mol. The van der Waals surface area contributed by atoms with Gasteiger partial charge in [0.05, 0.1) is 12.9 Å². The number of hydrogen-bond acceptors (Lipinski definition) is 6. The lowest BCUT2D eigenvalue weighted by molar-refractivity contribution is 0.311. The summed E-state index contributed by atoms with van der Waals surface area (Å²) >= 11 is 0. The number of furan rings is 1. The lowest BCUT2D eigenvalue weighted by atomic mass is 10.2. The average molecular weight is 271 g/mol. The quantitative estimate of drug-likeness (QED) is 0.741. The van der Waals surface area contributed by atoms with Crippen LogP contribution in [0.1, 0.15) is 0 Å². The zero-order valence-corrected chi connectivity index (χ0v) is 10.6. The second-order valence-electron chi connectivity index (χ2n) is 4.13. The first-order valence-electron chi connectivity index (χ1n) is 6.19. The molecule has 2 N–H and O–H groups in total. The number of aliphatic hydroxyl groups excluding tert-OH is 1. The summed E-state index contributed by atoms with van der Waals surface area (Å²) in [5.74, 6) is 1.43. The third-order valence-electron chi connectivity index (χ3n) is 2.74. The third kappa shape index (κ3) is 2.55. The summed E-state index contributed by atoms with van der Waals surface area (Å²) < 4.78 is 10.4. The molecule has 3 aromatic rings. The van der Waals surface area contributed by atoms with E-state index in [4.69, 9.17) is 14.0 Å². The minimum absolute atomic E-state index is 0.0952. The maximum atomic E-state index is 8.75. The third-order valence-corrected chi connectivity index (χ3v) is 2.74. The van der Waals surface area contributed by atoms with Crippen molar-refractivity contribution in [3.63, 3.8) is 0 Å². The van der Waals surface area contributed by atoms with Crippen molar-refractivity contribution in [2.24, 2.45) is 0 Å². The van der Waals surface area contributed by atoms with Gasteiger partial charge in [0.1, 0.15) is 0 Å². The zero-order chi connectivity index (χ0) is 13.8. The number of aliphatic hydroxyl groups is 1. The van der Waals surface area contributed by atoms with E-state index in [1.165, 1.54) is 0 Å². The highest BCUT2D eigenvalue weighted by molar-refractivity contribution is 5.60. The second kappa shape index (κ2) is 5.58. The first kappa shape index (κ1) is 12.4. The average Bonchev–Trinajstić information content (AvgIpc) is 3.16. The maximum absolute atomic E-state index is 8.75. The van der Waals surface area contributed by atoms with E-state index in [2.05, 4.69) is 15.5 Å². The van der Waals surface area contributed by atoms with Crippen LogP contribution in [0.2, 0.25) is 0 Å². The molecule has 0 bridgehead atoms. The highest BCUT2D eigenvalue weighted by Crippen LogP contribution is 2.23. The molecule has 0 unspecified atom stereocenters. The largest absolute Gasteiger partial charge is 0.461 e. The molecule has 0 fully saturated rings. The molecule has 0 aliphatic rings. The molecule has 0 saturated heterocycles. The van der Waals surface area contributed by atoms with E-state index in [0.29, 0.717) is 24.0 Å². The SMILES string of the molecule is OCCNc1ccc(-c2nc(-c3ccco3)no2)cc1. The van der Waals surface area contributed by atoms with Crippen LogP contribution in [0.5, 0.6) is 0 Å². The fraction of sp³-hybridized carbons (Fsp3) is 0.143. The van der Waals surface area contributed by atoms with Crippen molar-refractivity contribution >= 4 is 5.69 Å². The summed E-state index contributed by atoms with van der Waals surface area (Å²) in [7, 11) is 0. The first-order chi connectivity index (χ1) is 9.86. The van der Waals surface area contributed by atoms with Crippen molar-refractivity contribution in [3.05, 3.63) is 42.7 Å². The van der Waals surface area contributed by atoms with Gasteiger partial charge in [-0.05, 0) is 36.4 Å². The van der Waals surface area contributed by atoms with Gasteiger partial charge in [-0.2, -0.15) is 4.98 Å². The van der Waals surface area contributed by atoms with Gasteiger partial charge in [-0.3, -0.25) is 0 Å². The van der Waals surface area contributed by atoms with Crippen LogP contribution in [0, 0.1) is 0 Å². The summed E-state index contributed by atoms with van der Waals surface area (Å²) in [6.07, 6.45) is 1.56. The van der Waals surface area contributed by atoms with E-state index >= 15 is 0 Å². The van der Waals surface area contributed by atoms with Crippen molar-refractivity contribution < 1.29 is 14.0 Å². The van der Waals surface area contributed by atoms with Crippen LogP contribution < -0.4 is 5.32 Å². The van der Waals surface area contributed by atoms with E-state index in [1.807, 2.05) is 24.3 Å². The predicted molar refractivity (Wildman–Crippen MR) is 73.0 cm³/mol. The van der Waals surface area contributed by atoms with Crippen LogP contribution in [0.25, 0.3) is 23.0 Å². The van der Waals surface area contributed by atoms with E-state index in [0.717, 1.165) is 11.3 Å². The minimum atomic E-state index is 0.0952. The minimum Gasteiger partial charge on any atom is -0.461 e. The van der Waals surface area contributed by atoms with Crippen LogP contribution >= 0.6 is 0 Å². The molecular formula is C14H13N3O3. The molecule has 3 rings (SSSR count). The standard InChI is InChI=1S/C14H13N3O3/c18-8-7-15-11-5-3-10(4-6-11)14-16-13(17-20-14)12-2-1-9-19-12/h1-6,9,15,18H,7-8H2. The molecule has 0 spiro atoms. The van der Waals surface area contributed by atoms with Crippen molar-refractivity contribution in [3.8, 4) is 23.0 Å². The predicted octanol–water partition coefficient (Wildman–Crippen LogP) is 2.40. The molecule has 102 valence electrons. The molecule has 0 saturated carbocycles. The van der Waals surface area contributed by atoms with Gasteiger partial charge in [0.25, 0.3) is 5.89 Å². The zero-order valence-electron chi connectivity index (χ0n) is 10.6. The number of rotatable bonds is 5. The summed E-state index contributed by atoms with van der Waals surface area (Å²) in [6, 6.07) is 11.1. The maximum Gasteiger partial charge on any atom is 0.258 e. The van der Waals surface area contributed by atoms with Crippen LogP contribution in [0.4, 0.5) is 5.69 Å². The van der Waals surface area contributed by atoms with E-state index in [-0.39, 0.29) is 6.61 Å². The Labute approximate surface area is 115 Å². The molecule has 2 aromatic heterocycles. The topological polar surface area (TPSA) is 84.3 Å². The van der Waals surface area contributed by atoms with Gasteiger partial charge in [-0.25, -0.2) is 0 Å². The summed E-state index contributed by atoms with van der Waals surface area (Å²) in [6.45, 7) is 0.612. The van der Waals surface area contributed by atoms with Gasteiger partial charge in [-0.1, -0.05) is 5.16 Å². The van der Waals surface area contributed by atoms with Gasteiger partial charge in [-0.15, -0.1) is 0 Å². The lowest BCUT2D eigenvalue weighted by Gasteiger charge is -2.03. The fourth-order valence-corrected chi connectivity index (χ4v) is 1.78. The monoisotopic (exact) mass is 271 g/mol. The Bertz CT molecular complexity index is 659. The van der Waals surface area contributed by atoms with Gasteiger partial charge >= 0.3 is 0 Å². The number of hydrogen-bond donors (Lipinski definition) is 2. The van der Waals surface area contributed by atoms with Gasteiger partial charge in [0.2, 0.25) is 5.82 Å². The van der Waals surface area contributed by atoms with Gasteiger partial charge in [0.15, 0.2) is 5.76 Å². The first-order valence-corrected chi connectivity index (χ1v) is 6.19. The Hall–Kier alpha value is -2.60. The molecule has 6 nitrogen and oxygen atoms in total. The fourth-order valence-electron chi connectivity index (χ4n) is 1.78. The Kier molecular flexibility index (Phi) is 3.47. The molecule has 0 aliphatic carbocycles.